The van der Waals surface area contributed by atoms with Crippen LogP contribution in [0.25, 0.3) is 0 Å². The van der Waals surface area contributed by atoms with Crippen molar-refractivity contribution >= 4 is 5.97 Å². The summed E-state index contributed by atoms with van der Waals surface area (Å²) in [6.07, 6.45) is 0.218. The van der Waals surface area contributed by atoms with Crippen molar-refractivity contribution in [1.82, 2.24) is 0 Å². The lowest BCUT2D eigenvalue weighted by Gasteiger charge is -2.12. The third kappa shape index (κ3) is 3.47. The summed E-state index contributed by atoms with van der Waals surface area (Å²) < 4.78 is 10.1. The Balaban J connectivity index is 3.00. The van der Waals surface area contributed by atoms with Gasteiger partial charge in [0.05, 0.1) is 19.6 Å². The fraction of sp³-hybridized carbons (Fsp3) is 0.333. The molecule has 0 spiro atoms. The molecule has 0 aliphatic heterocycles. The molecule has 0 aliphatic rings. The number of methoxy groups -OCH3 is 1. The van der Waals surface area contributed by atoms with Crippen LogP contribution in [0.1, 0.15) is 24.9 Å². The van der Waals surface area contributed by atoms with Crippen molar-refractivity contribution in [2.75, 3.05) is 7.11 Å². The Morgan fingerprint density at radius 3 is 2.76 bits per heavy atom. The molecule has 1 rings (SSSR count). The average Bonchev–Trinajstić information content (AvgIpc) is 2.29. The predicted molar refractivity (Wildman–Crippen MR) is 61.5 cm³/mol. The van der Waals surface area contributed by atoms with Crippen LogP contribution < -0.4 is 15.2 Å². The minimum absolute atomic E-state index is 0.218. The summed E-state index contributed by atoms with van der Waals surface area (Å²) in [5, 5.41) is 8.57. The molecule has 5 nitrogen and oxygen atoms in total. The normalized spacial score (nSPS) is 11.4. The zero-order valence-corrected chi connectivity index (χ0v) is 9.77. The van der Waals surface area contributed by atoms with Gasteiger partial charge in [0.15, 0.2) is 11.5 Å². The van der Waals surface area contributed by atoms with Crippen molar-refractivity contribution < 1.29 is 14.3 Å². The molecule has 0 aromatic heterocycles. The number of hydrogen-bond acceptors (Lipinski definition) is 5. The van der Waals surface area contributed by atoms with Crippen molar-refractivity contribution in [3.63, 3.8) is 0 Å². The van der Waals surface area contributed by atoms with Gasteiger partial charge in [-0.3, -0.25) is 4.79 Å². The van der Waals surface area contributed by atoms with Crippen LogP contribution in [0.15, 0.2) is 18.2 Å². The van der Waals surface area contributed by atoms with Crippen LogP contribution in [0.5, 0.6) is 11.5 Å². The van der Waals surface area contributed by atoms with Crippen LogP contribution in [0, 0.1) is 11.3 Å². The highest BCUT2D eigenvalue weighted by atomic mass is 16.6. The van der Waals surface area contributed by atoms with Gasteiger partial charge in [-0.15, -0.1) is 0 Å². The number of nitrogens with two attached hydrogens (primary N) is 1. The molecule has 0 heterocycles. The van der Waals surface area contributed by atoms with E-state index in [2.05, 4.69) is 0 Å². The first-order valence-electron chi connectivity index (χ1n) is 5.07. The standard InChI is InChI=1S/C12H14N2O3/c1-8(15)17-11-4-3-9(7-12(11)16-2)10(14)5-6-13/h3-4,7,10H,5,14H2,1-2H3/t10-/m0/s1. The second-order valence-corrected chi connectivity index (χ2v) is 3.47. The SMILES string of the molecule is COc1cc([C@@H](N)CC#N)ccc1OC(C)=O. The van der Waals surface area contributed by atoms with E-state index in [0.717, 1.165) is 5.56 Å². The van der Waals surface area contributed by atoms with E-state index >= 15 is 0 Å². The van der Waals surface area contributed by atoms with Gasteiger partial charge in [-0.25, -0.2) is 0 Å². The molecule has 1 aromatic carbocycles. The lowest BCUT2D eigenvalue weighted by atomic mass is 10.0. The van der Waals surface area contributed by atoms with Crippen molar-refractivity contribution in [2.24, 2.45) is 5.73 Å². The highest BCUT2D eigenvalue weighted by Gasteiger charge is 2.11. The number of hydrogen-bond donors (Lipinski definition) is 1. The number of carbonyl (C=O) groups is 1. The quantitative estimate of drug-likeness (QED) is 0.630. The molecule has 2 N–H and O–H groups in total. The van der Waals surface area contributed by atoms with Gasteiger partial charge in [-0.05, 0) is 17.7 Å². The van der Waals surface area contributed by atoms with Crippen molar-refractivity contribution in [3.8, 4) is 17.6 Å². The largest absolute Gasteiger partial charge is 0.493 e. The first kappa shape index (κ1) is 13.0. The third-order valence-electron chi connectivity index (χ3n) is 2.18. The lowest BCUT2D eigenvalue weighted by Crippen LogP contribution is -2.10. The average molecular weight is 234 g/mol. The molecule has 1 atom stereocenters. The molecule has 0 aliphatic carbocycles. The Bertz CT molecular complexity index is 452. The van der Waals surface area contributed by atoms with Crippen LogP contribution in [0.2, 0.25) is 0 Å². The fourth-order valence-corrected chi connectivity index (χ4v) is 1.37. The van der Waals surface area contributed by atoms with E-state index in [-0.39, 0.29) is 12.5 Å². The Morgan fingerprint density at radius 1 is 1.53 bits per heavy atom. The molecule has 90 valence electrons. The number of ether oxygens (including phenoxy) is 2. The molecule has 5 heteroatoms. The van der Waals surface area contributed by atoms with Crippen LogP contribution in [0.4, 0.5) is 0 Å². The smallest absolute Gasteiger partial charge is 0.308 e. The van der Waals surface area contributed by atoms with Gasteiger partial charge in [0.25, 0.3) is 0 Å². The topological polar surface area (TPSA) is 85.3 Å². The molecule has 0 radical (unpaired) electrons. The van der Waals surface area contributed by atoms with E-state index in [1.807, 2.05) is 6.07 Å². The zero-order chi connectivity index (χ0) is 12.8. The van der Waals surface area contributed by atoms with Gasteiger partial charge < -0.3 is 15.2 Å². The van der Waals surface area contributed by atoms with Gasteiger partial charge in [-0.2, -0.15) is 5.26 Å². The Hall–Kier alpha value is -2.06. The third-order valence-corrected chi connectivity index (χ3v) is 2.18. The minimum Gasteiger partial charge on any atom is -0.493 e. The Kier molecular flexibility index (Phi) is 4.49. The van der Waals surface area contributed by atoms with Gasteiger partial charge >= 0.3 is 5.97 Å². The number of benzene rings is 1. The maximum atomic E-state index is 10.9. The number of rotatable bonds is 4. The number of esters is 1. The summed E-state index contributed by atoms with van der Waals surface area (Å²) in [5.74, 6) is 0.344. The summed E-state index contributed by atoms with van der Waals surface area (Å²) in [5.41, 5.74) is 6.56. The number of nitrogens with zero attached hydrogens (tertiary/aromatic N) is 1. The molecular weight excluding hydrogens is 220 g/mol. The first-order chi connectivity index (χ1) is 8.08. The van der Waals surface area contributed by atoms with Crippen LogP contribution in [0.3, 0.4) is 0 Å². The maximum absolute atomic E-state index is 10.9. The lowest BCUT2D eigenvalue weighted by molar-refractivity contribution is -0.132. The predicted octanol–water partition coefficient (Wildman–Crippen LogP) is 1.53. The summed E-state index contributed by atoms with van der Waals surface area (Å²) in [7, 11) is 1.47. The fourth-order valence-electron chi connectivity index (χ4n) is 1.37. The van der Waals surface area contributed by atoms with E-state index in [0.29, 0.717) is 11.5 Å². The van der Waals surface area contributed by atoms with E-state index in [9.17, 15) is 4.79 Å². The highest BCUT2D eigenvalue weighted by Crippen LogP contribution is 2.30. The molecule has 0 unspecified atom stereocenters. The monoisotopic (exact) mass is 234 g/mol. The summed E-state index contributed by atoms with van der Waals surface area (Å²) >= 11 is 0. The van der Waals surface area contributed by atoms with E-state index < -0.39 is 5.97 Å². The van der Waals surface area contributed by atoms with Crippen LogP contribution in [-0.2, 0) is 4.79 Å². The highest BCUT2D eigenvalue weighted by molar-refractivity contribution is 5.70. The van der Waals surface area contributed by atoms with Gasteiger partial charge in [-0.1, -0.05) is 6.07 Å². The zero-order valence-electron chi connectivity index (χ0n) is 9.77. The molecule has 0 bridgehead atoms. The van der Waals surface area contributed by atoms with E-state index in [4.69, 9.17) is 20.5 Å². The van der Waals surface area contributed by atoms with Crippen molar-refractivity contribution in [2.45, 2.75) is 19.4 Å². The number of nitriles is 1. The molecular formula is C12H14N2O3. The van der Waals surface area contributed by atoms with Gasteiger partial charge in [0.2, 0.25) is 0 Å². The van der Waals surface area contributed by atoms with Crippen molar-refractivity contribution in [3.05, 3.63) is 23.8 Å². The molecule has 1 aromatic rings. The molecule has 0 amide bonds. The number of carbonyl (C=O) groups excluding carboxylic acids is 1. The summed E-state index contributed by atoms with van der Waals surface area (Å²) in [6.45, 7) is 1.31. The van der Waals surface area contributed by atoms with Gasteiger partial charge in [0, 0.05) is 13.0 Å². The van der Waals surface area contributed by atoms with E-state index in [1.165, 1.54) is 14.0 Å². The van der Waals surface area contributed by atoms with Gasteiger partial charge in [0.1, 0.15) is 0 Å². The first-order valence-corrected chi connectivity index (χ1v) is 5.07. The summed E-state index contributed by atoms with van der Waals surface area (Å²) in [6, 6.07) is 6.61. The summed E-state index contributed by atoms with van der Waals surface area (Å²) in [4.78, 5) is 10.9. The Morgan fingerprint density at radius 2 is 2.24 bits per heavy atom. The minimum atomic E-state index is -0.419. The van der Waals surface area contributed by atoms with E-state index in [1.54, 1.807) is 18.2 Å². The Labute approximate surface area is 99.7 Å². The maximum Gasteiger partial charge on any atom is 0.308 e. The second-order valence-electron chi connectivity index (χ2n) is 3.47. The van der Waals surface area contributed by atoms with Crippen LogP contribution in [-0.4, -0.2) is 13.1 Å². The second kappa shape index (κ2) is 5.87. The molecule has 0 saturated heterocycles. The molecule has 0 saturated carbocycles. The molecule has 17 heavy (non-hydrogen) atoms. The van der Waals surface area contributed by atoms with Crippen LogP contribution >= 0.6 is 0 Å². The van der Waals surface area contributed by atoms with Crippen molar-refractivity contribution in [1.29, 1.82) is 5.26 Å². The molecule has 0 fully saturated rings.